The fourth-order valence-corrected chi connectivity index (χ4v) is 3.95. The Labute approximate surface area is 177 Å². The Balaban J connectivity index is 1.47. The molecule has 1 N–H and O–H groups in total. The molecule has 0 aliphatic rings. The van der Waals surface area contributed by atoms with Gasteiger partial charge in [-0.25, -0.2) is 13.9 Å². The van der Waals surface area contributed by atoms with E-state index in [2.05, 4.69) is 20.4 Å². The van der Waals surface area contributed by atoms with Crippen molar-refractivity contribution in [2.75, 3.05) is 0 Å². The first-order chi connectivity index (χ1) is 14.5. The lowest BCUT2D eigenvalue weighted by molar-refractivity contribution is 0.0950. The largest absolute Gasteiger partial charge is 0.348 e. The van der Waals surface area contributed by atoms with Crippen molar-refractivity contribution in [1.29, 1.82) is 0 Å². The molecule has 2 aromatic carbocycles. The molecule has 4 rings (SSSR count). The van der Waals surface area contributed by atoms with Crippen molar-refractivity contribution in [3.63, 3.8) is 0 Å². The minimum absolute atomic E-state index is 0.130. The molecule has 0 fully saturated rings. The van der Waals surface area contributed by atoms with Gasteiger partial charge < -0.3 is 5.32 Å². The van der Waals surface area contributed by atoms with Gasteiger partial charge in [0.25, 0.3) is 11.7 Å². The minimum Gasteiger partial charge on any atom is -0.348 e. The van der Waals surface area contributed by atoms with Gasteiger partial charge in [0, 0.05) is 34.8 Å². The van der Waals surface area contributed by atoms with Crippen LogP contribution in [0.3, 0.4) is 0 Å². The molecule has 0 saturated heterocycles. The van der Waals surface area contributed by atoms with Gasteiger partial charge >= 0.3 is 0 Å². The number of nitrogens with zero attached hydrogens (tertiary/aromatic N) is 4. The number of carbonyl (C=O) groups excluding carboxylic acids is 1. The normalized spacial score (nSPS) is 11.0. The number of thioether (sulfide) groups is 1. The molecule has 0 saturated carbocycles. The van der Waals surface area contributed by atoms with E-state index in [0.717, 1.165) is 17.0 Å². The molecule has 4 aromatic rings. The maximum atomic E-state index is 13.8. The van der Waals surface area contributed by atoms with Crippen molar-refractivity contribution >= 4 is 23.4 Å². The number of fused-ring (bicyclic) bond motifs is 1. The number of amides is 1. The Kier molecular flexibility index (Phi) is 5.76. The monoisotopic (exact) mass is 421 g/mol. The Morgan fingerprint density at radius 1 is 1.07 bits per heavy atom. The second-order valence-electron chi connectivity index (χ2n) is 6.86. The molecular formula is C22H20FN5OS. The quantitative estimate of drug-likeness (QED) is 0.475. The molecule has 1 amide bonds. The number of nitrogens with one attached hydrogen (secondary N) is 1. The molecule has 0 spiro atoms. The number of hydrogen-bond acceptors (Lipinski definition) is 5. The van der Waals surface area contributed by atoms with E-state index in [-0.39, 0.29) is 18.3 Å². The Morgan fingerprint density at radius 3 is 2.60 bits per heavy atom. The summed E-state index contributed by atoms with van der Waals surface area (Å²) >= 11 is 1.44. The summed E-state index contributed by atoms with van der Waals surface area (Å²) < 4.78 is 15.5. The van der Waals surface area contributed by atoms with E-state index in [0.29, 0.717) is 27.8 Å². The van der Waals surface area contributed by atoms with Crippen molar-refractivity contribution in [2.24, 2.45) is 0 Å². The van der Waals surface area contributed by atoms with Crippen molar-refractivity contribution < 1.29 is 9.18 Å². The van der Waals surface area contributed by atoms with Crippen molar-refractivity contribution in [3.8, 4) is 0 Å². The highest BCUT2D eigenvalue weighted by molar-refractivity contribution is 7.98. The predicted octanol–water partition coefficient (Wildman–Crippen LogP) is 4.10. The molecule has 0 atom stereocenters. The minimum atomic E-state index is -0.335. The predicted molar refractivity (Wildman–Crippen MR) is 114 cm³/mol. The van der Waals surface area contributed by atoms with Gasteiger partial charge in [0.15, 0.2) is 0 Å². The van der Waals surface area contributed by atoms with Gasteiger partial charge in [-0.3, -0.25) is 4.79 Å². The maximum Gasteiger partial charge on any atom is 0.253 e. The highest BCUT2D eigenvalue weighted by atomic mass is 32.2. The smallest absolute Gasteiger partial charge is 0.253 e. The lowest BCUT2D eigenvalue weighted by Gasteiger charge is -2.10. The molecule has 6 nitrogen and oxygen atoms in total. The molecule has 0 radical (unpaired) electrons. The summed E-state index contributed by atoms with van der Waals surface area (Å²) in [4.78, 5) is 21.6. The van der Waals surface area contributed by atoms with Crippen LogP contribution in [0.25, 0.3) is 5.78 Å². The summed E-state index contributed by atoms with van der Waals surface area (Å²) in [6.07, 6.45) is 0. The zero-order chi connectivity index (χ0) is 21.1. The third kappa shape index (κ3) is 4.33. The van der Waals surface area contributed by atoms with Gasteiger partial charge in [-0.2, -0.15) is 4.98 Å². The molecule has 2 heterocycles. The molecule has 152 valence electrons. The molecule has 0 aliphatic carbocycles. The van der Waals surface area contributed by atoms with E-state index in [4.69, 9.17) is 0 Å². The second-order valence-corrected chi connectivity index (χ2v) is 7.81. The third-order valence-corrected chi connectivity index (χ3v) is 5.50. The summed E-state index contributed by atoms with van der Waals surface area (Å²) in [6.45, 7) is 4.01. The number of benzene rings is 2. The number of carbonyl (C=O) groups is 1. The van der Waals surface area contributed by atoms with Crippen molar-refractivity contribution in [3.05, 3.63) is 88.5 Å². The van der Waals surface area contributed by atoms with Crippen LogP contribution in [0.5, 0.6) is 0 Å². The standard InChI is InChI=1S/C22H20FN5OS/c1-14-11-15(2)28-21(25-14)26-22(27-28)30-13-17-8-3-5-9-18(17)20(29)24-12-16-7-4-6-10-19(16)23/h3-11H,12-13H2,1-2H3,(H,24,29). The van der Waals surface area contributed by atoms with Gasteiger partial charge in [-0.1, -0.05) is 48.2 Å². The van der Waals surface area contributed by atoms with Crippen molar-refractivity contribution in [2.45, 2.75) is 31.3 Å². The van der Waals surface area contributed by atoms with Crippen LogP contribution < -0.4 is 5.32 Å². The van der Waals surface area contributed by atoms with Crippen LogP contribution >= 0.6 is 11.8 Å². The van der Waals surface area contributed by atoms with E-state index >= 15 is 0 Å². The van der Waals surface area contributed by atoms with E-state index in [9.17, 15) is 9.18 Å². The van der Waals surface area contributed by atoms with Crippen LogP contribution in [-0.4, -0.2) is 25.5 Å². The van der Waals surface area contributed by atoms with Crippen molar-refractivity contribution in [1.82, 2.24) is 24.9 Å². The summed E-state index contributed by atoms with van der Waals surface area (Å²) in [5.41, 5.74) is 3.71. The van der Waals surface area contributed by atoms with Crippen LogP contribution in [0.2, 0.25) is 0 Å². The molecular weight excluding hydrogens is 401 g/mol. The fraction of sp³-hybridized carbons (Fsp3) is 0.182. The lowest BCUT2D eigenvalue weighted by atomic mass is 10.1. The van der Waals surface area contributed by atoms with E-state index in [1.807, 2.05) is 38.1 Å². The zero-order valence-electron chi connectivity index (χ0n) is 16.6. The molecule has 0 unspecified atom stereocenters. The van der Waals surface area contributed by atoms with Crippen LogP contribution in [-0.2, 0) is 12.3 Å². The second kappa shape index (κ2) is 8.62. The van der Waals surface area contributed by atoms with E-state index in [1.165, 1.54) is 17.8 Å². The number of aromatic nitrogens is 4. The summed E-state index contributed by atoms with van der Waals surface area (Å²) in [5, 5.41) is 7.88. The van der Waals surface area contributed by atoms with Crippen LogP contribution in [0.1, 0.15) is 32.9 Å². The first kappa shape index (κ1) is 20.0. The fourth-order valence-electron chi connectivity index (χ4n) is 3.13. The third-order valence-electron chi connectivity index (χ3n) is 4.61. The highest BCUT2D eigenvalue weighted by Gasteiger charge is 2.14. The molecule has 2 aromatic heterocycles. The number of hydrogen-bond donors (Lipinski definition) is 1. The van der Waals surface area contributed by atoms with E-state index < -0.39 is 0 Å². The number of halogens is 1. The Morgan fingerprint density at radius 2 is 1.80 bits per heavy atom. The molecule has 0 bridgehead atoms. The van der Waals surface area contributed by atoms with Gasteiger partial charge in [-0.05, 0) is 37.6 Å². The number of rotatable bonds is 6. The first-order valence-electron chi connectivity index (χ1n) is 9.44. The van der Waals surface area contributed by atoms with Gasteiger partial charge in [0.2, 0.25) is 5.16 Å². The SMILES string of the molecule is Cc1cc(C)n2nc(SCc3ccccc3C(=O)NCc3ccccc3F)nc2n1. The zero-order valence-corrected chi connectivity index (χ0v) is 17.4. The topological polar surface area (TPSA) is 72.2 Å². The van der Waals surface area contributed by atoms with Crippen LogP contribution in [0.15, 0.2) is 59.8 Å². The van der Waals surface area contributed by atoms with Crippen LogP contribution in [0.4, 0.5) is 4.39 Å². The average molecular weight is 422 g/mol. The Bertz CT molecular complexity index is 1220. The van der Waals surface area contributed by atoms with E-state index in [1.54, 1.807) is 28.8 Å². The van der Waals surface area contributed by atoms with Gasteiger partial charge in [0.05, 0.1) is 0 Å². The molecule has 0 aliphatic heterocycles. The van der Waals surface area contributed by atoms with Crippen LogP contribution in [0, 0.1) is 19.7 Å². The lowest BCUT2D eigenvalue weighted by Crippen LogP contribution is -2.24. The molecule has 8 heteroatoms. The highest BCUT2D eigenvalue weighted by Crippen LogP contribution is 2.23. The summed E-state index contributed by atoms with van der Waals surface area (Å²) in [7, 11) is 0. The van der Waals surface area contributed by atoms with Gasteiger partial charge in [-0.15, -0.1) is 5.10 Å². The average Bonchev–Trinajstić information content (AvgIpc) is 3.15. The summed E-state index contributed by atoms with van der Waals surface area (Å²) in [5.74, 6) is 0.508. The first-order valence-corrected chi connectivity index (χ1v) is 10.4. The summed E-state index contributed by atoms with van der Waals surface area (Å²) in [6, 6.07) is 15.7. The molecule has 30 heavy (non-hydrogen) atoms. The number of aryl methyl sites for hydroxylation is 2. The van der Waals surface area contributed by atoms with Gasteiger partial charge in [0.1, 0.15) is 5.82 Å². The Hall–Kier alpha value is -3.26. The maximum absolute atomic E-state index is 13.8.